The molecule has 1 aromatic carbocycles. The maximum Gasteiger partial charge on any atom is 0.312 e. The first-order valence-corrected chi connectivity index (χ1v) is 19.2. The summed E-state index contributed by atoms with van der Waals surface area (Å²) in [5.74, 6) is -3.72. The van der Waals surface area contributed by atoms with Gasteiger partial charge in [-0.3, -0.25) is 38.4 Å². The Morgan fingerprint density at radius 3 is 1.88 bits per heavy atom. The first-order valence-electron chi connectivity index (χ1n) is 19.2. The van der Waals surface area contributed by atoms with Crippen molar-refractivity contribution < 1.29 is 52.6 Å². The van der Waals surface area contributed by atoms with Gasteiger partial charge in [0.05, 0.1) is 26.3 Å². The molecule has 0 radical (unpaired) electrons. The zero-order valence-corrected chi connectivity index (χ0v) is 34.9. The lowest BCUT2D eigenvalue weighted by Gasteiger charge is -2.21. The number of Topliss-reactive ketones (excluding diaryl/α,β-unsaturated/α-hetero) is 1. The molecule has 0 aliphatic heterocycles. The van der Waals surface area contributed by atoms with Crippen molar-refractivity contribution in [2.24, 2.45) is 29.0 Å². The number of carbonyl (C=O) groups is 9. The lowest BCUT2D eigenvalue weighted by Crippen LogP contribution is -2.52. The van der Waals surface area contributed by atoms with Gasteiger partial charge in [-0.2, -0.15) is 0 Å². The molecule has 0 fully saturated rings. The number of primary amides is 2. The lowest BCUT2D eigenvalue weighted by atomic mass is 10.0. The molecule has 0 aliphatic rings. The first-order chi connectivity index (χ1) is 27.3. The van der Waals surface area contributed by atoms with Gasteiger partial charge in [-0.15, -0.1) is 0 Å². The quantitative estimate of drug-likeness (QED) is 0.0496. The third-order valence-electron chi connectivity index (χ3n) is 7.39. The molecule has 1 unspecified atom stereocenters. The van der Waals surface area contributed by atoms with Crippen molar-refractivity contribution in [1.29, 1.82) is 0 Å². The second-order valence-electron chi connectivity index (χ2n) is 13.1. The van der Waals surface area contributed by atoms with Crippen molar-refractivity contribution in [1.82, 2.24) is 26.6 Å². The van der Waals surface area contributed by atoms with Crippen molar-refractivity contribution in [2.45, 2.75) is 93.2 Å². The average molecular weight is 824 g/mol. The zero-order chi connectivity index (χ0) is 44.6. The standard InChI is InChI=1S/C31H48N6O9.C4H10N2O.C3H7NO/c1-6-28(42)46-18-21-7-8-22(15-23(21)30(43)33-12-11-32)36-26(40)17-35-31(44)29(20(4)5)37-27(41)16-34-25(39)10-14-45-13-9-24(38)19(2)3;1-2-3-6-4(5)7;1-2-3(4)5/h7-8,15,19-20,29H,6,9-14,16-18,32H2,1-5H3,(H,33,43)(H,34,39)(H,35,44)(H,36,40)(H,37,41);2-3H2,1H3,(H3,5,6,7);2H2,1H3,(H2,4,5). The van der Waals surface area contributed by atoms with Gasteiger partial charge in [0.15, 0.2) is 0 Å². The second kappa shape index (κ2) is 32.5. The van der Waals surface area contributed by atoms with Crippen LogP contribution in [-0.2, 0) is 49.6 Å². The number of hydrogen-bond donors (Lipinski definition) is 9. The Morgan fingerprint density at radius 1 is 0.741 bits per heavy atom. The molecule has 0 bridgehead atoms. The summed E-state index contributed by atoms with van der Waals surface area (Å²) >= 11 is 0. The number of urea groups is 1. The van der Waals surface area contributed by atoms with Gasteiger partial charge in [-0.05, 0) is 24.5 Å². The van der Waals surface area contributed by atoms with Crippen LogP contribution in [0.1, 0.15) is 96.5 Å². The van der Waals surface area contributed by atoms with Crippen LogP contribution in [0, 0.1) is 11.8 Å². The molecule has 12 N–H and O–H groups in total. The average Bonchev–Trinajstić information content (AvgIpc) is 3.18. The summed E-state index contributed by atoms with van der Waals surface area (Å²) in [7, 11) is 0. The summed E-state index contributed by atoms with van der Waals surface area (Å²) < 4.78 is 10.4. The van der Waals surface area contributed by atoms with Gasteiger partial charge in [-0.1, -0.05) is 54.5 Å². The van der Waals surface area contributed by atoms with E-state index in [4.69, 9.17) is 20.9 Å². The Labute approximate surface area is 340 Å². The summed E-state index contributed by atoms with van der Waals surface area (Å²) in [4.78, 5) is 105. The van der Waals surface area contributed by atoms with E-state index in [0.717, 1.165) is 6.42 Å². The number of benzene rings is 1. The zero-order valence-electron chi connectivity index (χ0n) is 34.9. The molecular formula is C38H65N9O11. The molecule has 20 nitrogen and oxygen atoms in total. The van der Waals surface area contributed by atoms with E-state index >= 15 is 0 Å². The molecule has 1 aromatic rings. The maximum absolute atomic E-state index is 12.8. The minimum atomic E-state index is -0.984. The molecule has 0 saturated heterocycles. The van der Waals surface area contributed by atoms with Crippen LogP contribution in [0.3, 0.4) is 0 Å². The smallest absolute Gasteiger partial charge is 0.312 e. The van der Waals surface area contributed by atoms with Crippen LogP contribution in [0.15, 0.2) is 18.2 Å². The van der Waals surface area contributed by atoms with E-state index in [1.807, 2.05) is 6.92 Å². The Hall–Kier alpha value is -5.63. The number of carbonyl (C=O) groups excluding carboxylic acids is 9. The highest BCUT2D eigenvalue weighted by atomic mass is 16.5. The van der Waals surface area contributed by atoms with Crippen LogP contribution in [0.5, 0.6) is 0 Å². The fraction of sp³-hybridized carbons (Fsp3) is 0.605. The van der Waals surface area contributed by atoms with E-state index in [-0.39, 0.29) is 93.5 Å². The molecule has 0 aliphatic carbocycles. The third kappa shape index (κ3) is 27.9. The minimum Gasteiger partial charge on any atom is -0.461 e. The maximum atomic E-state index is 12.8. The van der Waals surface area contributed by atoms with Gasteiger partial charge in [0.1, 0.15) is 18.4 Å². The van der Waals surface area contributed by atoms with Crippen molar-refractivity contribution in [3.8, 4) is 0 Å². The Balaban J connectivity index is 0. The van der Waals surface area contributed by atoms with Gasteiger partial charge < -0.3 is 58.6 Å². The molecule has 0 heterocycles. The van der Waals surface area contributed by atoms with Crippen LogP contribution in [0.4, 0.5) is 10.5 Å². The van der Waals surface area contributed by atoms with Crippen molar-refractivity contribution in [2.75, 3.05) is 51.3 Å². The number of anilines is 1. The molecule has 328 valence electrons. The van der Waals surface area contributed by atoms with E-state index in [0.29, 0.717) is 18.5 Å². The molecule has 20 heteroatoms. The van der Waals surface area contributed by atoms with E-state index in [2.05, 4.69) is 37.6 Å². The number of ether oxygens (including phenoxy) is 2. The Kier molecular flexibility index (Phi) is 30.5. The predicted molar refractivity (Wildman–Crippen MR) is 217 cm³/mol. The largest absolute Gasteiger partial charge is 0.461 e. The Morgan fingerprint density at radius 2 is 1.36 bits per heavy atom. The van der Waals surface area contributed by atoms with E-state index in [9.17, 15) is 43.2 Å². The van der Waals surface area contributed by atoms with Crippen LogP contribution in [-0.4, -0.2) is 105 Å². The van der Waals surface area contributed by atoms with Gasteiger partial charge >= 0.3 is 12.0 Å². The molecule has 8 amide bonds. The number of nitrogens with two attached hydrogens (primary N) is 3. The molecule has 1 atom stereocenters. The lowest BCUT2D eigenvalue weighted by molar-refractivity contribution is -0.144. The van der Waals surface area contributed by atoms with Gasteiger partial charge in [0, 0.05) is 68.0 Å². The number of hydrogen-bond acceptors (Lipinski definition) is 12. The van der Waals surface area contributed by atoms with E-state index < -0.39 is 54.1 Å². The minimum absolute atomic E-state index is 0.00125. The predicted octanol–water partition coefficient (Wildman–Crippen LogP) is 0.108. The number of ketones is 1. The van der Waals surface area contributed by atoms with Crippen molar-refractivity contribution in [3.05, 3.63) is 29.3 Å². The first kappa shape index (κ1) is 54.5. The number of esters is 1. The van der Waals surface area contributed by atoms with Gasteiger partial charge in [0.2, 0.25) is 29.5 Å². The summed E-state index contributed by atoms with van der Waals surface area (Å²) in [6, 6.07) is 3.07. The normalized spacial score (nSPS) is 10.7. The summed E-state index contributed by atoms with van der Waals surface area (Å²) in [6.45, 7) is 12.8. The van der Waals surface area contributed by atoms with Crippen LogP contribution in [0.25, 0.3) is 0 Å². The fourth-order valence-electron chi connectivity index (χ4n) is 4.02. The monoisotopic (exact) mass is 823 g/mol. The fourth-order valence-corrected chi connectivity index (χ4v) is 4.02. The van der Waals surface area contributed by atoms with Crippen molar-refractivity contribution >= 4 is 58.9 Å². The molecule has 0 spiro atoms. The number of amides is 8. The van der Waals surface area contributed by atoms with E-state index in [1.165, 1.54) is 12.1 Å². The Bertz CT molecular complexity index is 1490. The van der Waals surface area contributed by atoms with Gasteiger partial charge in [0.25, 0.3) is 5.91 Å². The summed E-state index contributed by atoms with van der Waals surface area (Å²) in [6.07, 6.45) is 1.82. The van der Waals surface area contributed by atoms with Crippen LogP contribution < -0.4 is 49.1 Å². The van der Waals surface area contributed by atoms with Crippen LogP contribution >= 0.6 is 0 Å². The molecular weight excluding hydrogens is 758 g/mol. The van der Waals surface area contributed by atoms with E-state index in [1.54, 1.807) is 47.6 Å². The molecule has 58 heavy (non-hydrogen) atoms. The highest BCUT2D eigenvalue weighted by molar-refractivity contribution is 6.00. The van der Waals surface area contributed by atoms with Gasteiger partial charge in [-0.25, -0.2) is 4.79 Å². The number of rotatable bonds is 24. The summed E-state index contributed by atoms with van der Waals surface area (Å²) in [5, 5.41) is 15.2. The summed E-state index contributed by atoms with van der Waals surface area (Å²) in [5.41, 5.74) is 15.7. The van der Waals surface area contributed by atoms with Crippen molar-refractivity contribution in [3.63, 3.8) is 0 Å². The number of nitrogens with one attached hydrogen (secondary N) is 6. The SMILES string of the molecule is CCC(=O)OCc1ccc(NC(=O)CNC(=O)C(NC(=O)CNC(=O)CCOCCC(=O)C(C)C)C(C)C)cc1C(=O)NCCN.CCC(N)=O.CCCNC(N)=O. The highest BCUT2D eigenvalue weighted by Gasteiger charge is 2.25. The molecule has 1 rings (SSSR count). The highest BCUT2D eigenvalue weighted by Crippen LogP contribution is 2.18. The topological polar surface area (TPSA) is 322 Å². The third-order valence-corrected chi connectivity index (χ3v) is 7.39. The molecule has 0 aromatic heterocycles. The molecule has 0 saturated carbocycles. The van der Waals surface area contributed by atoms with Crippen LogP contribution in [0.2, 0.25) is 0 Å². The second-order valence-corrected chi connectivity index (χ2v) is 13.1.